The third-order valence-corrected chi connectivity index (χ3v) is 5.09. The first-order valence-electron chi connectivity index (χ1n) is 8.54. The van der Waals surface area contributed by atoms with Gasteiger partial charge in [-0.25, -0.2) is 0 Å². The number of carbonyl (C=O) groups is 1. The van der Waals surface area contributed by atoms with E-state index in [2.05, 4.69) is 15.1 Å². The second-order valence-corrected chi connectivity index (χ2v) is 7.37. The normalized spacial score (nSPS) is 11.9. The molecule has 4 rings (SSSR count). The largest absolute Gasteiger partial charge is 0.426 e. The maximum absolute atomic E-state index is 12.7. The lowest BCUT2D eigenvalue weighted by atomic mass is 10.1. The van der Waals surface area contributed by atoms with Gasteiger partial charge in [0.25, 0.3) is 5.56 Å². The van der Waals surface area contributed by atoms with Gasteiger partial charge in [0, 0.05) is 24.9 Å². The van der Waals surface area contributed by atoms with Crippen molar-refractivity contribution in [1.82, 2.24) is 19.6 Å². The van der Waals surface area contributed by atoms with Crippen LogP contribution in [0.2, 0.25) is 0 Å². The van der Waals surface area contributed by atoms with Crippen LogP contribution in [0.15, 0.2) is 41.5 Å². The van der Waals surface area contributed by atoms with E-state index in [-0.39, 0.29) is 11.5 Å². The Balaban J connectivity index is 1.76. The van der Waals surface area contributed by atoms with Crippen LogP contribution < -0.4 is 14.8 Å². The highest BCUT2D eigenvalue weighted by Gasteiger charge is 2.13. The van der Waals surface area contributed by atoms with Gasteiger partial charge in [-0.1, -0.05) is 11.3 Å². The monoisotopic (exact) mass is 392 g/mol. The Morgan fingerprint density at radius 2 is 2.00 bits per heavy atom. The van der Waals surface area contributed by atoms with Crippen LogP contribution in [-0.4, -0.2) is 25.6 Å². The predicted molar refractivity (Wildman–Crippen MR) is 106 cm³/mol. The number of ether oxygens (including phenoxy) is 1. The Bertz CT molecular complexity index is 1290. The molecule has 0 amide bonds. The Hall–Kier alpha value is -3.39. The standard InChI is InChI=1S/C20H16N4O3S/c1-11-7-14(8-12(2)17(11)27-13(3)25)9-16-19(26)24-20(28-16)22-18(23-24)15-5-4-6-21-10-15/h4-10H,1-3H3/b16-9-. The molecular weight excluding hydrogens is 376 g/mol. The fourth-order valence-corrected chi connectivity index (χ4v) is 3.88. The zero-order chi connectivity index (χ0) is 19.8. The number of hydrogen-bond acceptors (Lipinski definition) is 7. The topological polar surface area (TPSA) is 86.4 Å². The zero-order valence-electron chi connectivity index (χ0n) is 15.5. The molecule has 3 aromatic heterocycles. The molecule has 140 valence electrons. The maximum atomic E-state index is 12.7. The van der Waals surface area contributed by atoms with Crippen LogP contribution in [0.3, 0.4) is 0 Å². The number of pyridine rings is 1. The zero-order valence-corrected chi connectivity index (χ0v) is 16.3. The first-order chi connectivity index (χ1) is 13.4. The minimum Gasteiger partial charge on any atom is -0.426 e. The number of esters is 1. The van der Waals surface area contributed by atoms with Gasteiger partial charge in [-0.3, -0.25) is 14.6 Å². The molecule has 0 aliphatic heterocycles. The van der Waals surface area contributed by atoms with Gasteiger partial charge in [-0.2, -0.15) is 9.50 Å². The van der Waals surface area contributed by atoms with Crippen LogP contribution in [0, 0.1) is 13.8 Å². The summed E-state index contributed by atoms with van der Waals surface area (Å²) < 4.78 is 7.10. The maximum Gasteiger partial charge on any atom is 0.308 e. The van der Waals surface area contributed by atoms with E-state index in [1.54, 1.807) is 24.5 Å². The number of fused-ring (bicyclic) bond motifs is 1. The van der Waals surface area contributed by atoms with E-state index in [9.17, 15) is 9.59 Å². The quantitative estimate of drug-likeness (QED) is 0.393. The van der Waals surface area contributed by atoms with Crippen molar-refractivity contribution >= 4 is 28.3 Å². The predicted octanol–water partition coefficient (Wildman–Crippen LogP) is 2.30. The highest BCUT2D eigenvalue weighted by atomic mass is 32.1. The highest BCUT2D eigenvalue weighted by molar-refractivity contribution is 7.15. The van der Waals surface area contributed by atoms with E-state index in [4.69, 9.17) is 4.74 Å². The second kappa shape index (κ2) is 6.97. The Morgan fingerprint density at radius 1 is 1.25 bits per heavy atom. The number of benzene rings is 1. The molecule has 0 N–H and O–H groups in total. The Labute approximate surface area is 164 Å². The molecule has 0 spiro atoms. The molecule has 28 heavy (non-hydrogen) atoms. The number of nitrogens with zero attached hydrogens (tertiary/aromatic N) is 4. The molecule has 7 nitrogen and oxygen atoms in total. The van der Waals surface area contributed by atoms with Gasteiger partial charge in [0.2, 0.25) is 4.96 Å². The minimum absolute atomic E-state index is 0.220. The van der Waals surface area contributed by atoms with Gasteiger partial charge in [0.1, 0.15) is 5.75 Å². The summed E-state index contributed by atoms with van der Waals surface area (Å²) >= 11 is 1.28. The lowest BCUT2D eigenvalue weighted by molar-refractivity contribution is -0.131. The first kappa shape index (κ1) is 18.0. The van der Waals surface area contributed by atoms with Gasteiger partial charge >= 0.3 is 5.97 Å². The van der Waals surface area contributed by atoms with Crippen molar-refractivity contribution in [3.8, 4) is 17.1 Å². The fourth-order valence-electron chi connectivity index (χ4n) is 2.97. The number of thiazole rings is 1. The lowest BCUT2D eigenvalue weighted by Gasteiger charge is -2.10. The average Bonchev–Trinajstić information content (AvgIpc) is 3.19. The second-order valence-electron chi connectivity index (χ2n) is 6.36. The van der Waals surface area contributed by atoms with Crippen LogP contribution in [0.4, 0.5) is 0 Å². The summed E-state index contributed by atoms with van der Waals surface area (Å²) in [6, 6.07) is 7.40. The molecule has 0 fully saturated rings. The summed E-state index contributed by atoms with van der Waals surface area (Å²) in [7, 11) is 0. The van der Waals surface area contributed by atoms with Crippen molar-refractivity contribution < 1.29 is 9.53 Å². The van der Waals surface area contributed by atoms with Crippen LogP contribution >= 0.6 is 11.3 Å². The van der Waals surface area contributed by atoms with Gasteiger partial charge in [0.05, 0.1) is 4.53 Å². The molecule has 0 atom stereocenters. The fraction of sp³-hybridized carbons (Fsp3) is 0.150. The third-order valence-electron chi connectivity index (χ3n) is 4.13. The van der Waals surface area contributed by atoms with Crippen molar-refractivity contribution in [2.24, 2.45) is 0 Å². The molecule has 0 aliphatic carbocycles. The minimum atomic E-state index is -0.361. The molecule has 3 heterocycles. The van der Waals surface area contributed by atoms with E-state index < -0.39 is 0 Å². The van der Waals surface area contributed by atoms with Crippen LogP contribution in [0.25, 0.3) is 22.4 Å². The summed E-state index contributed by atoms with van der Waals surface area (Å²) in [5, 5.41) is 4.31. The number of aromatic nitrogens is 4. The van der Waals surface area contributed by atoms with Crippen LogP contribution in [0.5, 0.6) is 5.75 Å². The number of rotatable bonds is 3. The summed E-state index contributed by atoms with van der Waals surface area (Å²) in [5.74, 6) is 0.663. The molecule has 0 bridgehead atoms. The molecular formula is C20H16N4O3S. The molecule has 4 aromatic rings. The van der Waals surface area contributed by atoms with Crippen molar-refractivity contribution in [3.63, 3.8) is 0 Å². The summed E-state index contributed by atoms with van der Waals surface area (Å²) in [4.78, 5) is 33.0. The molecule has 0 saturated heterocycles. The van der Waals surface area contributed by atoms with Crippen molar-refractivity contribution in [2.75, 3.05) is 0 Å². The van der Waals surface area contributed by atoms with Gasteiger partial charge < -0.3 is 4.74 Å². The molecule has 0 aliphatic rings. The van der Waals surface area contributed by atoms with Gasteiger partial charge in [-0.15, -0.1) is 5.10 Å². The van der Waals surface area contributed by atoms with Crippen molar-refractivity contribution in [2.45, 2.75) is 20.8 Å². The molecule has 1 aromatic carbocycles. The molecule has 0 saturated carbocycles. The first-order valence-corrected chi connectivity index (χ1v) is 9.35. The van der Waals surface area contributed by atoms with E-state index >= 15 is 0 Å². The van der Waals surface area contributed by atoms with Crippen molar-refractivity contribution in [3.05, 3.63) is 68.2 Å². The lowest BCUT2D eigenvalue weighted by Crippen LogP contribution is -2.23. The summed E-state index contributed by atoms with van der Waals surface area (Å²) in [5.41, 5.74) is 3.04. The SMILES string of the molecule is CC(=O)Oc1c(C)cc(/C=c2\sc3nc(-c4cccnc4)nn3c2=O)cc1C. The van der Waals surface area contributed by atoms with E-state index in [0.717, 1.165) is 22.3 Å². The summed E-state index contributed by atoms with van der Waals surface area (Å²) in [6.45, 7) is 5.10. The summed E-state index contributed by atoms with van der Waals surface area (Å²) in [6.07, 6.45) is 5.13. The third kappa shape index (κ3) is 3.29. The van der Waals surface area contributed by atoms with E-state index in [1.807, 2.05) is 32.0 Å². The number of hydrogen-bond donors (Lipinski definition) is 0. The molecule has 0 unspecified atom stereocenters. The molecule has 8 heteroatoms. The average molecular weight is 392 g/mol. The van der Waals surface area contributed by atoms with E-state index in [1.165, 1.54) is 22.8 Å². The molecule has 0 radical (unpaired) electrons. The Kier molecular flexibility index (Phi) is 4.48. The van der Waals surface area contributed by atoms with Crippen LogP contribution in [0.1, 0.15) is 23.6 Å². The van der Waals surface area contributed by atoms with E-state index in [0.29, 0.717) is 21.1 Å². The van der Waals surface area contributed by atoms with Crippen molar-refractivity contribution in [1.29, 1.82) is 0 Å². The number of carbonyl (C=O) groups excluding carboxylic acids is 1. The van der Waals surface area contributed by atoms with Crippen LogP contribution in [-0.2, 0) is 4.79 Å². The van der Waals surface area contributed by atoms with Gasteiger partial charge in [0.15, 0.2) is 5.82 Å². The number of aryl methyl sites for hydroxylation is 2. The smallest absolute Gasteiger partial charge is 0.308 e. The van der Waals surface area contributed by atoms with Gasteiger partial charge in [-0.05, 0) is 60.9 Å². The highest BCUT2D eigenvalue weighted by Crippen LogP contribution is 2.25. The Morgan fingerprint density at radius 3 is 2.61 bits per heavy atom.